The molecule has 1 N–H and O–H groups in total. The van der Waals surface area contributed by atoms with Gasteiger partial charge in [0.05, 0.1) is 0 Å². The van der Waals surface area contributed by atoms with E-state index in [-0.39, 0.29) is 11.7 Å². The van der Waals surface area contributed by atoms with Crippen molar-refractivity contribution >= 4 is 11.7 Å². The van der Waals surface area contributed by atoms with Gasteiger partial charge in [-0.3, -0.25) is 4.79 Å². The van der Waals surface area contributed by atoms with Crippen molar-refractivity contribution in [2.45, 2.75) is 39.5 Å². The van der Waals surface area contributed by atoms with Crippen LogP contribution in [0.4, 0.5) is 10.2 Å². The number of amides is 1. The fourth-order valence-electron chi connectivity index (χ4n) is 3.50. The number of piperidine rings is 1. The van der Waals surface area contributed by atoms with Gasteiger partial charge in [-0.05, 0) is 67.3 Å². The van der Waals surface area contributed by atoms with Crippen molar-refractivity contribution in [3.63, 3.8) is 0 Å². The number of hydrogen-bond acceptors (Lipinski definition) is 4. The van der Waals surface area contributed by atoms with Gasteiger partial charge >= 0.3 is 0 Å². The van der Waals surface area contributed by atoms with E-state index in [1.165, 1.54) is 17.7 Å². The van der Waals surface area contributed by atoms with Gasteiger partial charge in [-0.1, -0.05) is 26.0 Å². The maximum Gasteiger partial charge on any atom is 0.271 e. The third-order valence-corrected chi connectivity index (χ3v) is 5.27. The first-order valence-corrected chi connectivity index (χ1v) is 10.1. The van der Waals surface area contributed by atoms with Gasteiger partial charge in [-0.15, -0.1) is 10.2 Å². The van der Waals surface area contributed by atoms with Crippen LogP contribution in [0.1, 0.15) is 49.2 Å². The van der Waals surface area contributed by atoms with Gasteiger partial charge in [-0.2, -0.15) is 0 Å². The van der Waals surface area contributed by atoms with E-state index in [2.05, 4.69) is 34.3 Å². The second-order valence-electron chi connectivity index (χ2n) is 7.98. The second kappa shape index (κ2) is 9.62. The summed E-state index contributed by atoms with van der Waals surface area (Å²) in [5.41, 5.74) is 1.55. The van der Waals surface area contributed by atoms with Crippen LogP contribution < -0.4 is 10.2 Å². The summed E-state index contributed by atoms with van der Waals surface area (Å²) in [4.78, 5) is 14.3. The predicted molar refractivity (Wildman–Crippen MR) is 109 cm³/mol. The molecule has 1 aliphatic heterocycles. The lowest BCUT2D eigenvalue weighted by molar-refractivity contribution is 0.0946. The quantitative estimate of drug-likeness (QED) is 0.788. The van der Waals surface area contributed by atoms with Crippen molar-refractivity contribution in [2.75, 3.05) is 24.5 Å². The van der Waals surface area contributed by atoms with Crippen LogP contribution in [0.5, 0.6) is 0 Å². The minimum absolute atomic E-state index is 0.169. The molecule has 150 valence electrons. The van der Waals surface area contributed by atoms with Crippen LogP contribution in [0.15, 0.2) is 36.4 Å². The van der Waals surface area contributed by atoms with Gasteiger partial charge in [0.25, 0.3) is 5.91 Å². The number of rotatable bonds is 7. The highest BCUT2D eigenvalue weighted by atomic mass is 19.1. The molecule has 6 heteroatoms. The van der Waals surface area contributed by atoms with Crippen LogP contribution in [0.2, 0.25) is 0 Å². The fraction of sp³-hybridized carbons (Fsp3) is 0.500. The van der Waals surface area contributed by atoms with Crippen molar-refractivity contribution in [2.24, 2.45) is 11.8 Å². The highest BCUT2D eigenvalue weighted by Gasteiger charge is 2.21. The number of aromatic nitrogens is 2. The van der Waals surface area contributed by atoms with Crippen LogP contribution in [0, 0.1) is 17.7 Å². The van der Waals surface area contributed by atoms with Crippen LogP contribution in [0.3, 0.4) is 0 Å². The Bertz CT molecular complexity index is 753. The zero-order chi connectivity index (χ0) is 19.9. The second-order valence-corrected chi connectivity index (χ2v) is 7.98. The Balaban J connectivity index is 1.47. The molecule has 1 saturated heterocycles. The number of carbonyl (C=O) groups is 1. The first kappa shape index (κ1) is 20.2. The molecule has 0 unspecified atom stereocenters. The Kier molecular flexibility index (Phi) is 6.95. The van der Waals surface area contributed by atoms with Gasteiger partial charge < -0.3 is 10.2 Å². The number of benzene rings is 1. The molecule has 5 nitrogen and oxygen atoms in total. The Morgan fingerprint density at radius 2 is 1.86 bits per heavy atom. The van der Waals surface area contributed by atoms with E-state index in [1.807, 2.05) is 18.2 Å². The SMILES string of the molecule is CC(C)CCNC(=O)c1ccc(N2CCC(Cc3ccc(F)cc3)CC2)nn1. The van der Waals surface area contributed by atoms with Crippen molar-refractivity contribution < 1.29 is 9.18 Å². The average molecular weight is 384 g/mol. The monoisotopic (exact) mass is 384 g/mol. The summed E-state index contributed by atoms with van der Waals surface area (Å²) >= 11 is 0. The zero-order valence-electron chi connectivity index (χ0n) is 16.7. The normalized spacial score (nSPS) is 15.1. The lowest BCUT2D eigenvalue weighted by Crippen LogP contribution is -2.35. The topological polar surface area (TPSA) is 58.1 Å². The zero-order valence-corrected chi connectivity index (χ0v) is 16.7. The maximum atomic E-state index is 13.0. The van der Waals surface area contributed by atoms with Crippen molar-refractivity contribution in [1.29, 1.82) is 0 Å². The minimum Gasteiger partial charge on any atom is -0.355 e. The molecule has 1 aromatic heterocycles. The summed E-state index contributed by atoms with van der Waals surface area (Å²) < 4.78 is 13.0. The van der Waals surface area contributed by atoms with Crippen molar-refractivity contribution in [1.82, 2.24) is 15.5 Å². The van der Waals surface area contributed by atoms with Gasteiger partial charge in [0.15, 0.2) is 11.5 Å². The molecular formula is C22H29FN4O. The van der Waals surface area contributed by atoms with E-state index >= 15 is 0 Å². The molecule has 0 atom stereocenters. The Morgan fingerprint density at radius 1 is 1.14 bits per heavy atom. The Morgan fingerprint density at radius 3 is 2.46 bits per heavy atom. The van der Waals surface area contributed by atoms with Gasteiger partial charge in [0, 0.05) is 19.6 Å². The first-order chi connectivity index (χ1) is 13.5. The van der Waals surface area contributed by atoms with E-state index in [0.717, 1.165) is 44.6 Å². The Labute approximate surface area is 166 Å². The molecule has 1 aromatic carbocycles. The molecule has 28 heavy (non-hydrogen) atoms. The lowest BCUT2D eigenvalue weighted by atomic mass is 9.90. The highest BCUT2D eigenvalue weighted by molar-refractivity contribution is 5.92. The summed E-state index contributed by atoms with van der Waals surface area (Å²) in [6.45, 7) is 6.75. The van der Waals surface area contributed by atoms with Crippen LogP contribution in [0.25, 0.3) is 0 Å². The number of halogens is 1. The number of carbonyl (C=O) groups excluding carboxylic acids is 1. The molecule has 3 rings (SSSR count). The van der Waals surface area contributed by atoms with Gasteiger partial charge in [0.1, 0.15) is 5.82 Å². The maximum absolute atomic E-state index is 13.0. The van der Waals surface area contributed by atoms with Gasteiger partial charge in [0.2, 0.25) is 0 Å². The Hall–Kier alpha value is -2.50. The summed E-state index contributed by atoms with van der Waals surface area (Å²) in [6.07, 6.45) is 4.06. The number of nitrogens with one attached hydrogen (secondary N) is 1. The van der Waals surface area contributed by atoms with E-state index in [4.69, 9.17) is 0 Å². The van der Waals surface area contributed by atoms with Crippen LogP contribution >= 0.6 is 0 Å². The molecule has 0 spiro atoms. The predicted octanol–water partition coefficient (Wildman–Crippen LogP) is 3.85. The average Bonchev–Trinajstić information content (AvgIpc) is 2.70. The van der Waals surface area contributed by atoms with Crippen molar-refractivity contribution in [3.8, 4) is 0 Å². The van der Waals surface area contributed by atoms with E-state index in [9.17, 15) is 9.18 Å². The molecular weight excluding hydrogens is 355 g/mol. The summed E-state index contributed by atoms with van der Waals surface area (Å²) in [5, 5.41) is 11.2. The number of nitrogens with zero attached hydrogens (tertiary/aromatic N) is 3. The largest absolute Gasteiger partial charge is 0.355 e. The third kappa shape index (κ3) is 5.75. The highest BCUT2D eigenvalue weighted by Crippen LogP contribution is 2.24. The fourth-order valence-corrected chi connectivity index (χ4v) is 3.50. The van der Waals surface area contributed by atoms with E-state index in [1.54, 1.807) is 6.07 Å². The molecule has 2 heterocycles. The molecule has 0 bridgehead atoms. The number of hydrogen-bond donors (Lipinski definition) is 1. The summed E-state index contributed by atoms with van der Waals surface area (Å²) in [7, 11) is 0. The molecule has 1 amide bonds. The third-order valence-electron chi connectivity index (χ3n) is 5.27. The first-order valence-electron chi connectivity index (χ1n) is 10.1. The van der Waals surface area contributed by atoms with Gasteiger partial charge in [-0.25, -0.2) is 4.39 Å². The van der Waals surface area contributed by atoms with E-state index < -0.39 is 0 Å². The van der Waals surface area contributed by atoms with Crippen molar-refractivity contribution in [3.05, 3.63) is 53.5 Å². The lowest BCUT2D eigenvalue weighted by Gasteiger charge is -2.32. The smallest absolute Gasteiger partial charge is 0.271 e. The molecule has 0 radical (unpaired) electrons. The molecule has 0 saturated carbocycles. The number of anilines is 1. The minimum atomic E-state index is -0.186. The van der Waals surface area contributed by atoms with Crippen LogP contribution in [-0.4, -0.2) is 35.7 Å². The standard InChI is InChI=1S/C22H29FN4O/c1-16(2)9-12-24-22(28)20-7-8-21(26-25-20)27-13-10-18(11-14-27)15-17-3-5-19(23)6-4-17/h3-8,16,18H,9-15H2,1-2H3,(H,24,28). The molecule has 0 aliphatic carbocycles. The molecule has 1 aliphatic rings. The molecule has 2 aromatic rings. The summed E-state index contributed by atoms with van der Waals surface area (Å²) in [5.74, 6) is 1.62. The van der Waals surface area contributed by atoms with E-state index in [0.29, 0.717) is 24.1 Å². The molecule has 1 fully saturated rings. The summed E-state index contributed by atoms with van der Waals surface area (Å²) in [6, 6.07) is 10.4. The van der Waals surface area contributed by atoms with Crippen LogP contribution in [-0.2, 0) is 6.42 Å².